The zero-order valence-electron chi connectivity index (χ0n) is 11.5. The Bertz CT molecular complexity index is 693. The number of hydrogen-bond acceptors (Lipinski definition) is 3. The summed E-state index contributed by atoms with van der Waals surface area (Å²) in [5.41, 5.74) is 6.65. The standard InChI is InChI=1S/C17H16N2O2/c20-17(19-21)15-9-13-7-6-12(8-14(13)10-15)11-18-16-4-2-1-3-5-16/h1-8,10,18,21H,9,11H2,(H,19,20). The van der Waals surface area contributed by atoms with E-state index < -0.39 is 5.91 Å². The third-order valence-electron chi connectivity index (χ3n) is 3.58. The van der Waals surface area contributed by atoms with Crippen LogP contribution in [0.5, 0.6) is 0 Å². The van der Waals surface area contributed by atoms with Crippen molar-refractivity contribution in [2.45, 2.75) is 13.0 Å². The first-order chi connectivity index (χ1) is 10.3. The first kappa shape index (κ1) is 13.4. The molecule has 4 heteroatoms. The number of anilines is 1. The molecule has 0 aliphatic heterocycles. The van der Waals surface area contributed by atoms with Gasteiger partial charge in [-0.1, -0.05) is 30.3 Å². The minimum absolute atomic E-state index is 0.435. The molecule has 1 aliphatic rings. The minimum atomic E-state index is -0.435. The Morgan fingerprint density at radius 1 is 1.14 bits per heavy atom. The third kappa shape index (κ3) is 2.95. The van der Waals surface area contributed by atoms with Gasteiger partial charge in [0.2, 0.25) is 0 Å². The van der Waals surface area contributed by atoms with Gasteiger partial charge in [-0.05, 0) is 41.0 Å². The largest absolute Gasteiger partial charge is 0.381 e. The minimum Gasteiger partial charge on any atom is -0.381 e. The van der Waals surface area contributed by atoms with E-state index in [1.807, 2.05) is 42.5 Å². The highest BCUT2D eigenvalue weighted by molar-refractivity contribution is 5.99. The van der Waals surface area contributed by atoms with Crippen LogP contribution >= 0.6 is 0 Å². The highest BCUT2D eigenvalue weighted by Crippen LogP contribution is 2.26. The maximum Gasteiger partial charge on any atom is 0.270 e. The van der Waals surface area contributed by atoms with E-state index in [9.17, 15) is 4.79 Å². The van der Waals surface area contributed by atoms with E-state index in [0.717, 1.165) is 28.9 Å². The number of para-hydroxylation sites is 1. The number of fused-ring (bicyclic) bond motifs is 1. The summed E-state index contributed by atoms with van der Waals surface area (Å²) in [6, 6.07) is 16.2. The summed E-state index contributed by atoms with van der Waals surface area (Å²) in [5.74, 6) is -0.435. The lowest BCUT2D eigenvalue weighted by Crippen LogP contribution is -2.20. The van der Waals surface area contributed by atoms with Crippen LogP contribution in [-0.2, 0) is 17.8 Å². The van der Waals surface area contributed by atoms with Gasteiger partial charge in [0.25, 0.3) is 5.91 Å². The number of nitrogens with one attached hydrogen (secondary N) is 2. The molecule has 2 aromatic carbocycles. The number of amides is 1. The summed E-state index contributed by atoms with van der Waals surface area (Å²) < 4.78 is 0. The maximum absolute atomic E-state index is 11.4. The van der Waals surface area contributed by atoms with Crippen LogP contribution in [-0.4, -0.2) is 11.1 Å². The van der Waals surface area contributed by atoms with E-state index in [0.29, 0.717) is 12.0 Å². The molecule has 0 heterocycles. The molecular formula is C17H16N2O2. The molecule has 2 aromatic rings. The van der Waals surface area contributed by atoms with E-state index in [-0.39, 0.29) is 0 Å². The van der Waals surface area contributed by atoms with Gasteiger partial charge in [0.05, 0.1) is 0 Å². The number of carbonyl (C=O) groups excluding carboxylic acids is 1. The molecule has 0 bridgehead atoms. The molecule has 0 unspecified atom stereocenters. The van der Waals surface area contributed by atoms with Crippen molar-refractivity contribution in [1.82, 2.24) is 5.48 Å². The summed E-state index contributed by atoms with van der Waals surface area (Å²) in [7, 11) is 0. The topological polar surface area (TPSA) is 61.4 Å². The Kier molecular flexibility index (Phi) is 3.71. The van der Waals surface area contributed by atoms with Crippen LogP contribution in [0.2, 0.25) is 0 Å². The van der Waals surface area contributed by atoms with Crippen LogP contribution in [0.25, 0.3) is 6.08 Å². The van der Waals surface area contributed by atoms with Crippen LogP contribution in [0.1, 0.15) is 16.7 Å². The van der Waals surface area contributed by atoms with E-state index in [1.165, 1.54) is 0 Å². The molecule has 0 fully saturated rings. The van der Waals surface area contributed by atoms with Crippen LogP contribution in [0, 0.1) is 0 Å². The molecule has 3 rings (SSSR count). The maximum atomic E-state index is 11.4. The van der Waals surface area contributed by atoms with E-state index in [2.05, 4.69) is 17.4 Å². The van der Waals surface area contributed by atoms with E-state index >= 15 is 0 Å². The van der Waals surface area contributed by atoms with Crippen molar-refractivity contribution in [2.24, 2.45) is 0 Å². The molecule has 0 atom stereocenters. The Balaban J connectivity index is 1.72. The van der Waals surface area contributed by atoms with Crippen molar-refractivity contribution >= 4 is 17.7 Å². The Morgan fingerprint density at radius 3 is 2.71 bits per heavy atom. The number of hydrogen-bond donors (Lipinski definition) is 3. The Hall–Kier alpha value is -2.59. The van der Waals surface area contributed by atoms with Crippen LogP contribution < -0.4 is 10.8 Å². The summed E-state index contributed by atoms with van der Waals surface area (Å²) >= 11 is 0. The molecule has 0 saturated carbocycles. The summed E-state index contributed by atoms with van der Waals surface area (Å²) in [4.78, 5) is 11.4. The van der Waals surface area contributed by atoms with E-state index in [4.69, 9.17) is 5.21 Å². The number of rotatable bonds is 4. The van der Waals surface area contributed by atoms with Crippen molar-refractivity contribution in [3.8, 4) is 0 Å². The summed E-state index contributed by atoms with van der Waals surface area (Å²) in [5, 5.41) is 12.0. The smallest absolute Gasteiger partial charge is 0.270 e. The molecule has 4 nitrogen and oxygen atoms in total. The summed E-state index contributed by atoms with van der Waals surface area (Å²) in [6.07, 6.45) is 2.39. The molecule has 3 N–H and O–H groups in total. The van der Waals surface area contributed by atoms with Gasteiger partial charge in [0, 0.05) is 24.2 Å². The van der Waals surface area contributed by atoms with Crippen molar-refractivity contribution in [1.29, 1.82) is 0 Å². The second kappa shape index (κ2) is 5.81. The van der Waals surface area contributed by atoms with Gasteiger partial charge in [0.1, 0.15) is 0 Å². The number of carbonyl (C=O) groups is 1. The first-order valence-corrected chi connectivity index (χ1v) is 6.82. The first-order valence-electron chi connectivity index (χ1n) is 6.82. The zero-order chi connectivity index (χ0) is 14.7. The van der Waals surface area contributed by atoms with Gasteiger partial charge >= 0.3 is 0 Å². The molecular weight excluding hydrogens is 264 g/mol. The summed E-state index contributed by atoms with van der Waals surface area (Å²) in [6.45, 7) is 0.729. The lowest BCUT2D eigenvalue weighted by atomic mass is 10.1. The lowest BCUT2D eigenvalue weighted by Gasteiger charge is -2.08. The average Bonchev–Trinajstić information content (AvgIpc) is 2.96. The third-order valence-corrected chi connectivity index (χ3v) is 3.58. The quantitative estimate of drug-likeness (QED) is 0.596. The molecule has 1 aliphatic carbocycles. The average molecular weight is 280 g/mol. The highest BCUT2D eigenvalue weighted by atomic mass is 16.5. The molecule has 0 saturated heterocycles. The van der Waals surface area contributed by atoms with Gasteiger partial charge in [-0.25, -0.2) is 5.48 Å². The van der Waals surface area contributed by atoms with Crippen LogP contribution in [0.3, 0.4) is 0 Å². The van der Waals surface area contributed by atoms with Crippen molar-refractivity contribution < 1.29 is 10.0 Å². The normalized spacial score (nSPS) is 12.5. The van der Waals surface area contributed by atoms with Crippen LogP contribution in [0.4, 0.5) is 5.69 Å². The van der Waals surface area contributed by atoms with Crippen molar-refractivity contribution in [2.75, 3.05) is 5.32 Å². The fourth-order valence-electron chi connectivity index (χ4n) is 2.47. The molecule has 0 aromatic heterocycles. The van der Waals surface area contributed by atoms with Gasteiger partial charge < -0.3 is 5.32 Å². The van der Waals surface area contributed by atoms with Crippen molar-refractivity contribution in [3.63, 3.8) is 0 Å². The predicted molar refractivity (Wildman–Crippen MR) is 81.8 cm³/mol. The highest BCUT2D eigenvalue weighted by Gasteiger charge is 2.18. The second-order valence-electron chi connectivity index (χ2n) is 5.04. The Labute approximate surface area is 123 Å². The van der Waals surface area contributed by atoms with Gasteiger partial charge in [-0.2, -0.15) is 0 Å². The second-order valence-corrected chi connectivity index (χ2v) is 5.04. The van der Waals surface area contributed by atoms with E-state index in [1.54, 1.807) is 5.48 Å². The van der Waals surface area contributed by atoms with Gasteiger partial charge in [-0.15, -0.1) is 0 Å². The van der Waals surface area contributed by atoms with Gasteiger partial charge in [0.15, 0.2) is 0 Å². The van der Waals surface area contributed by atoms with Crippen LogP contribution in [0.15, 0.2) is 54.1 Å². The monoisotopic (exact) mass is 280 g/mol. The molecule has 21 heavy (non-hydrogen) atoms. The number of hydroxylamine groups is 1. The zero-order valence-corrected chi connectivity index (χ0v) is 11.5. The predicted octanol–water partition coefficient (Wildman–Crippen LogP) is 2.74. The Morgan fingerprint density at radius 2 is 1.95 bits per heavy atom. The molecule has 106 valence electrons. The lowest BCUT2D eigenvalue weighted by molar-refractivity contribution is -0.125. The molecule has 1 amide bonds. The fourth-order valence-corrected chi connectivity index (χ4v) is 2.47. The fraction of sp³-hybridized carbons (Fsp3) is 0.118. The van der Waals surface area contributed by atoms with Crippen molar-refractivity contribution in [3.05, 3.63) is 70.8 Å². The molecule has 0 spiro atoms. The SMILES string of the molecule is O=C(NO)C1=Cc2cc(CNc3ccccc3)ccc2C1. The van der Waals surface area contributed by atoms with Gasteiger partial charge in [-0.3, -0.25) is 10.0 Å². The number of benzene rings is 2. The molecule has 0 radical (unpaired) electrons.